The van der Waals surface area contributed by atoms with Gasteiger partial charge in [0.1, 0.15) is 0 Å². The molecule has 1 heterocycles. The molecule has 2 amide bonds. The fourth-order valence-electron chi connectivity index (χ4n) is 3.08. The molecule has 2 aromatic carbocycles. The minimum Gasteiger partial charge on any atom is -0.346 e. The van der Waals surface area contributed by atoms with Crippen molar-refractivity contribution in [3.05, 3.63) is 60.3 Å². The molecule has 24 heavy (non-hydrogen) atoms. The van der Waals surface area contributed by atoms with Crippen LogP contribution in [-0.2, 0) is 6.54 Å². The number of aromatic nitrogens is 1. The molecule has 4 nitrogen and oxygen atoms in total. The first-order valence-electron chi connectivity index (χ1n) is 8.37. The molecule has 0 aliphatic carbocycles. The minimum absolute atomic E-state index is 0.106. The van der Waals surface area contributed by atoms with Gasteiger partial charge < -0.3 is 9.88 Å². The van der Waals surface area contributed by atoms with Crippen LogP contribution in [0, 0.1) is 6.92 Å². The number of carbonyl (C=O) groups excluding carboxylic acids is 1. The lowest BCUT2D eigenvalue weighted by Gasteiger charge is -2.23. The Morgan fingerprint density at radius 1 is 1.08 bits per heavy atom. The van der Waals surface area contributed by atoms with Crippen molar-refractivity contribution in [2.75, 3.05) is 16.8 Å². The summed E-state index contributed by atoms with van der Waals surface area (Å²) < 4.78 is 2.15. The SMILES string of the molecule is CCN(C(=O)Nc1cn(CC)c2ccccc12)c1ccccc1C. The average Bonchev–Trinajstić information content (AvgIpc) is 2.95. The minimum atomic E-state index is -0.106. The van der Waals surface area contributed by atoms with Crippen LogP contribution in [0.3, 0.4) is 0 Å². The molecule has 4 heteroatoms. The lowest BCUT2D eigenvalue weighted by molar-refractivity contribution is 0.257. The van der Waals surface area contributed by atoms with E-state index in [2.05, 4.69) is 22.9 Å². The van der Waals surface area contributed by atoms with Crippen molar-refractivity contribution in [3.8, 4) is 0 Å². The number of carbonyl (C=O) groups is 1. The predicted octanol–water partition coefficient (Wildman–Crippen LogP) is 5.03. The normalized spacial score (nSPS) is 10.8. The van der Waals surface area contributed by atoms with Crippen LogP contribution in [0.2, 0.25) is 0 Å². The van der Waals surface area contributed by atoms with Gasteiger partial charge in [-0.2, -0.15) is 0 Å². The first kappa shape index (κ1) is 16.1. The van der Waals surface area contributed by atoms with Gasteiger partial charge in [-0.15, -0.1) is 0 Å². The van der Waals surface area contributed by atoms with Crippen LogP contribution in [-0.4, -0.2) is 17.1 Å². The maximum Gasteiger partial charge on any atom is 0.326 e. The summed E-state index contributed by atoms with van der Waals surface area (Å²) in [6.07, 6.45) is 2.01. The van der Waals surface area contributed by atoms with E-state index in [1.54, 1.807) is 4.90 Å². The first-order valence-corrected chi connectivity index (χ1v) is 8.37. The van der Waals surface area contributed by atoms with E-state index in [0.29, 0.717) is 6.54 Å². The van der Waals surface area contributed by atoms with Crippen LogP contribution >= 0.6 is 0 Å². The fraction of sp³-hybridized carbons (Fsp3) is 0.250. The molecule has 0 saturated carbocycles. The van der Waals surface area contributed by atoms with Crippen molar-refractivity contribution in [2.45, 2.75) is 27.3 Å². The van der Waals surface area contributed by atoms with Gasteiger partial charge in [-0.05, 0) is 38.5 Å². The first-order chi connectivity index (χ1) is 11.7. The Bertz CT molecular complexity index is 866. The Morgan fingerprint density at radius 2 is 1.79 bits per heavy atom. The molecule has 0 aliphatic heterocycles. The monoisotopic (exact) mass is 321 g/mol. The zero-order chi connectivity index (χ0) is 17.1. The number of rotatable bonds is 4. The van der Waals surface area contributed by atoms with Gasteiger partial charge in [0.15, 0.2) is 0 Å². The number of urea groups is 1. The van der Waals surface area contributed by atoms with Crippen molar-refractivity contribution in [1.29, 1.82) is 0 Å². The third-order valence-electron chi connectivity index (χ3n) is 4.34. The molecule has 0 saturated heterocycles. The summed E-state index contributed by atoms with van der Waals surface area (Å²) in [5.74, 6) is 0. The molecule has 0 bridgehead atoms. The number of para-hydroxylation sites is 2. The van der Waals surface area contributed by atoms with E-state index in [9.17, 15) is 4.79 Å². The number of nitrogens with zero attached hydrogens (tertiary/aromatic N) is 2. The summed E-state index contributed by atoms with van der Waals surface area (Å²) in [5.41, 5.74) is 4.01. The summed E-state index contributed by atoms with van der Waals surface area (Å²) in [5, 5.41) is 4.15. The number of fused-ring (bicyclic) bond motifs is 1. The molecule has 0 fully saturated rings. The highest BCUT2D eigenvalue weighted by atomic mass is 16.2. The topological polar surface area (TPSA) is 37.3 Å². The van der Waals surface area contributed by atoms with E-state index < -0.39 is 0 Å². The van der Waals surface area contributed by atoms with E-state index in [-0.39, 0.29) is 6.03 Å². The number of hydrogen-bond donors (Lipinski definition) is 1. The van der Waals surface area contributed by atoms with Gasteiger partial charge in [0.25, 0.3) is 0 Å². The molecule has 0 spiro atoms. The quantitative estimate of drug-likeness (QED) is 0.719. The van der Waals surface area contributed by atoms with Crippen LogP contribution < -0.4 is 10.2 Å². The van der Waals surface area contributed by atoms with Crippen LogP contribution in [0.25, 0.3) is 10.9 Å². The summed E-state index contributed by atoms with van der Waals surface area (Å²) >= 11 is 0. The highest BCUT2D eigenvalue weighted by molar-refractivity contribution is 6.07. The zero-order valence-electron chi connectivity index (χ0n) is 14.4. The van der Waals surface area contributed by atoms with Crippen LogP contribution in [0.5, 0.6) is 0 Å². The molecular formula is C20H23N3O. The number of nitrogens with one attached hydrogen (secondary N) is 1. The van der Waals surface area contributed by atoms with Gasteiger partial charge >= 0.3 is 6.03 Å². The van der Waals surface area contributed by atoms with Gasteiger partial charge in [-0.1, -0.05) is 36.4 Å². The number of benzene rings is 2. The number of amides is 2. The predicted molar refractivity (Wildman–Crippen MR) is 101 cm³/mol. The summed E-state index contributed by atoms with van der Waals surface area (Å²) in [6.45, 7) is 7.59. The lowest BCUT2D eigenvalue weighted by Crippen LogP contribution is -2.35. The standard InChI is InChI=1S/C20H23N3O/c1-4-22-14-17(16-11-7-9-13-19(16)22)21-20(24)23(5-2)18-12-8-6-10-15(18)3/h6-14H,4-5H2,1-3H3,(H,21,24). The van der Waals surface area contributed by atoms with E-state index in [4.69, 9.17) is 0 Å². The van der Waals surface area contributed by atoms with Gasteiger partial charge in [-0.25, -0.2) is 4.79 Å². The van der Waals surface area contributed by atoms with Crippen molar-refractivity contribution in [2.24, 2.45) is 0 Å². The maximum atomic E-state index is 12.8. The summed E-state index contributed by atoms with van der Waals surface area (Å²) in [6, 6.07) is 16.0. The Morgan fingerprint density at radius 3 is 2.50 bits per heavy atom. The maximum absolute atomic E-state index is 12.8. The van der Waals surface area contributed by atoms with Crippen LogP contribution in [0.4, 0.5) is 16.2 Å². The second-order valence-corrected chi connectivity index (χ2v) is 5.81. The van der Waals surface area contributed by atoms with Gasteiger partial charge in [-0.3, -0.25) is 4.90 Å². The van der Waals surface area contributed by atoms with Crippen LogP contribution in [0.1, 0.15) is 19.4 Å². The Kier molecular flexibility index (Phi) is 4.56. The second kappa shape index (κ2) is 6.79. The summed E-state index contributed by atoms with van der Waals surface area (Å²) in [7, 11) is 0. The molecular weight excluding hydrogens is 298 g/mol. The Balaban J connectivity index is 1.93. The molecule has 3 aromatic rings. The van der Waals surface area contributed by atoms with Crippen molar-refractivity contribution >= 4 is 28.3 Å². The number of hydrogen-bond acceptors (Lipinski definition) is 1. The molecule has 0 radical (unpaired) electrons. The van der Waals surface area contributed by atoms with Gasteiger partial charge in [0, 0.05) is 30.4 Å². The third kappa shape index (κ3) is 2.87. The highest BCUT2D eigenvalue weighted by Crippen LogP contribution is 2.27. The molecule has 1 aromatic heterocycles. The largest absolute Gasteiger partial charge is 0.346 e. The second-order valence-electron chi connectivity index (χ2n) is 5.81. The van der Waals surface area contributed by atoms with Crippen LogP contribution in [0.15, 0.2) is 54.7 Å². The zero-order valence-corrected chi connectivity index (χ0v) is 14.4. The molecule has 124 valence electrons. The van der Waals surface area contributed by atoms with E-state index in [0.717, 1.165) is 34.4 Å². The van der Waals surface area contributed by atoms with Crippen molar-refractivity contribution in [3.63, 3.8) is 0 Å². The molecule has 3 rings (SSSR count). The van der Waals surface area contributed by atoms with E-state index >= 15 is 0 Å². The van der Waals surface area contributed by atoms with Gasteiger partial charge in [0.05, 0.1) is 11.2 Å². The smallest absolute Gasteiger partial charge is 0.326 e. The molecule has 0 aliphatic rings. The molecule has 0 unspecified atom stereocenters. The molecule has 1 N–H and O–H groups in total. The lowest BCUT2D eigenvalue weighted by atomic mass is 10.2. The third-order valence-corrected chi connectivity index (χ3v) is 4.34. The Hall–Kier alpha value is -2.75. The molecule has 0 atom stereocenters. The fourth-order valence-corrected chi connectivity index (χ4v) is 3.08. The highest BCUT2D eigenvalue weighted by Gasteiger charge is 2.17. The van der Waals surface area contributed by atoms with Crippen molar-refractivity contribution < 1.29 is 4.79 Å². The van der Waals surface area contributed by atoms with E-state index in [1.165, 1.54) is 0 Å². The van der Waals surface area contributed by atoms with Crippen molar-refractivity contribution in [1.82, 2.24) is 4.57 Å². The van der Waals surface area contributed by atoms with Gasteiger partial charge in [0.2, 0.25) is 0 Å². The summed E-state index contributed by atoms with van der Waals surface area (Å²) in [4.78, 5) is 14.6. The number of anilines is 2. The number of aryl methyl sites for hydroxylation is 2. The average molecular weight is 321 g/mol. The Labute approximate surface area is 142 Å². The van der Waals surface area contributed by atoms with E-state index in [1.807, 2.05) is 62.5 Å².